The van der Waals surface area contributed by atoms with E-state index in [-0.39, 0.29) is 0 Å². The molecule has 0 saturated heterocycles. The summed E-state index contributed by atoms with van der Waals surface area (Å²) in [5.74, 6) is 0.424. The van der Waals surface area contributed by atoms with Crippen molar-refractivity contribution in [2.24, 2.45) is 0 Å². The Labute approximate surface area is 99.6 Å². The molecular formula is C15H24O. The van der Waals surface area contributed by atoms with Gasteiger partial charge in [0, 0.05) is 12.8 Å². The Morgan fingerprint density at radius 2 is 1.19 bits per heavy atom. The Bertz CT molecular complexity index is 238. The molecule has 0 aromatic carbocycles. The third kappa shape index (κ3) is 7.44. The van der Waals surface area contributed by atoms with E-state index in [1.807, 2.05) is 0 Å². The van der Waals surface area contributed by atoms with Crippen molar-refractivity contribution in [2.75, 3.05) is 0 Å². The molecule has 0 amide bonds. The molecule has 1 heteroatoms. The summed E-state index contributed by atoms with van der Waals surface area (Å²) < 4.78 is 0. The minimum absolute atomic E-state index is 0.424. The van der Waals surface area contributed by atoms with E-state index in [1.165, 1.54) is 32.1 Å². The van der Waals surface area contributed by atoms with Gasteiger partial charge in [-0.2, -0.15) is 0 Å². The second kappa shape index (κ2) is 9.38. The largest absolute Gasteiger partial charge is 0.300 e. The molecule has 0 aromatic rings. The van der Waals surface area contributed by atoms with Gasteiger partial charge in [-0.3, -0.25) is 4.79 Å². The summed E-state index contributed by atoms with van der Waals surface area (Å²) in [4.78, 5) is 11.5. The maximum Gasteiger partial charge on any atom is 0.133 e. The van der Waals surface area contributed by atoms with Crippen LogP contribution in [0.25, 0.3) is 0 Å². The maximum atomic E-state index is 11.5. The third-order valence-electron chi connectivity index (χ3n) is 2.99. The molecule has 1 nitrogen and oxygen atoms in total. The quantitative estimate of drug-likeness (QED) is 0.546. The summed E-state index contributed by atoms with van der Waals surface area (Å²) in [6, 6.07) is 0. The summed E-state index contributed by atoms with van der Waals surface area (Å²) in [6.07, 6.45) is 19.8. The van der Waals surface area contributed by atoms with E-state index >= 15 is 0 Å². The van der Waals surface area contributed by atoms with Gasteiger partial charge >= 0.3 is 0 Å². The Hall–Kier alpha value is -0.850. The second-order valence-electron chi connectivity index (χ2n) is 4.55. The predicted molar refractivity (Wildman–Crippen MR) is 69.5 cm³/mol. The summed E-state index contributed by atoms with van der Waals surface area (Å²) in [5.41, 5.74) is 0. The predicted octanol–water partition coefficient (Wildman–Crippen LogP) is 4.58. The average molecular weight is 220 g/mol. The molecule has 0 aliphatic heterocycles. The highest BCUT2D eigenvalue weighted by Crippen LogP contribution is 2.08. The van der Waals surface area contributed by atoms with Crippen molar-refractivity contribution < 1.29 is 4.79 Å². The number of rotatable bonds is 0. The zero-order valence-corrected chi connectivity index (χ0v) is 10.3. The highest BCUT2D eigenvalue weighted by molar-refractivity contribution is 5.78. The molecule has 0 fully saturated rings. The van der Waals surface area contributed by atoms with Gasteiger partial charge in [0.05, 0.1) is 0 Å². The first-order chi connectivity index (χ1) is 7.89. The molecule has 0 heterocycles. The molecule has 0 bridgehead atoms. The van der Waals surface area contributed by atoms with E-state index in [0.717, 1.165) is 32.1 Å². The van der Waals surface area contributed by atoms with Gasteiger partial charge in [0.25, 0.3) is 0 Å². The smallest absolute Gasteiger partial charge is 0.133 e. The molecule has 0 atom stereocenters. The van der Waals surface area contributed by atoms with Crippen LogP contribution >= 0.6 is 0 Å². The molecule has 0 spiro atoms. The highest BCUT2D eigenvalue weighted by atomic mass is 16.1. The fourth-order valence-electron chi connectivity index (χ4n) is 1.96. The van der Waals surface area contributed by atoms with Crippen molar-refractivity contribution in [3.8, 4) is 0 Å². The molecule has 0 unspecified atom stereocenters. The second-order valence-corrected chi connectivity index (χ2v) is 4.55. The van der Waals surface area contributed by atoms with E-state index in [0.29, 0.717) is 5.78 Å². The monoisotopic (exact) mass is 220 g/mol. The number of carbonyl (C=O) groups excluding carboxylic acids is 1. The first kappa shape index (κ1) is 13.2. The summed E-state index contributed by atoms with van der Waals surface area (Å²) in [6.45, 7) is 0. The molecule has 1 rings (SSSR count). The van der Waals surface area contributed by atoms with Crippen molar-refractivity contribution in [2.45, 2.75) is 64.2 Å². The number of hydrogen-bond donors (Lipinski definition) is 0. The SMILES string of the molecule is O=C1CC/C=C/CCCCC/C=C/CCC1. The van der Waals surface area contributed by atoms with Crippen LogP contribution in [0, 0.1) is 0 Å². The van der Waals surface area contributed by atoms with Gasteiger partial charge in [-0.15, -0.1) is 0 Å². The average Bonchev–Trinajstić information content (AvgIpc) is 2.29. The van der Waals surface area contributed by atoms with Gasteiger partial charge < -0.3 is 0 Å². The van der Waals surface area contributed by atoms with Gasteiger partial charge in [-0.1, -0.05) is 30.7 Å². The van der Waals surface area contributed by atoms with Crippen molar-refractivity contribution in [3.05, 3.63) is 24.3 Å². The van der Waals surface area contributed by atoms with Crippen molar-refractivity contribution in [3.63, 3.8) is 0 Å². The molecule has 1 aliphatic carbocycles. The van der Waals surface area contributed by atoms with Crippen LogP contribution in [-0.4, -0.2) is 5.78 Å². The Morgan fingerprint density at radius 3 is 1.88 bits per heavy atom. The number of Topliss-reactive ketones (excluding diaryl/α,β-unsaturated/α-hetero) is 1. The van der Waals surface area contributed by atoms with Crippen molar-refractivity contribution >= 4 is 5.78 Å². The molecule has 0 N–H and O–H groups in total. The van der Waals surface area contributed by atoms with E-state index < -0.39 is 0 Å². The highest BCUT2D eigenvalue weighted by Gasteiger charge is 1.99. The van der Waals surface area contributed by atoms with Crippen LogP contribution in [0.15, 0.2) is 24.3 Å². The fourth-order valence-corrected chi connectivity index (χ4v) is 1.96. The maximum absolute atomic E-state index is 11.5. The zero-order chi connectivity index (χ0) is 11.5. The number of hydrogen-bond acceptors (Lipinski definition) is 1. The summed E-state index contributed by atoms with van der Waals surface area (Å²) in [5, 5.41) is 0. The molecule has 16 heavy (non-hydrogen) atoms. The molecule has 90 valence electrons. The first-order valence-corrected chi connectivity index (χ1v) is 6.71. The lowest BCUT2D eigenvalue weighted by atomic mass is 10.1. The van der Waals surface area contributed by atoms with Gasteiger partial charge in [0.1, 0.15) is 5.78 Å². The minimum atomic E-state index is 0.424. The van der Waals surface area contributed by atoms with Crippen LogP contribution in [0.2, 0.25) is 0 Å². The topological polar surface area (TPSA) is 17.1 Å². The summed E-state index contributed by atoms with van der Waals surface area (Å²) in [7, 11) is 0. The van der Waals surface area contributed by atoms with Gasteiger partial charge in [-0.05, 0) is 44.9 Å². The normalized spacial score (nSPS) is 25.4. The number of carbonyl (C=O) groups is 1. The molecule has 1 aliphatic rings. The van der Waals surface area contributed by atoms with Gasteiger partial charge in [0.2, 0.25) is 0 Å². The van der Waals surface area contributed by atoms with Crippen LogP contribution in [0.1, 0.15) is 64.2 Å². The van der Waals surface area contributed by atoms with E-state index in [9.17, 15) is 4.79 Å². The van der Waals surface area contributed by atoms with E-state index in [2.05, 4.69) is 24.3 Å². The summed E-state index contributed by atoms with van der Waals surface area (Å²) >= 11 is 0. The molecule has 0 aromatic heterocycles. The molecule has 0 radical (unpaired) electrons. The van der Waals surface area contributed by atoms with Crippen LogP contribution in [0.5, 0.6) is 0 Å². The lowest BCUT2D eigenvalue weighted by molar-refractivity contribution is -0.119. The Kier molecular flexibility index (Phi) is 7.75. The first-order valence-electron chi connectivity index (χ1n) is 6.71. The zero-order valence-electron chi connectivity index (χ0n) is 10.3. The Balaban J connectivity index is 2.28. The third-order valence-corrected chi connectivity index (χ3v) is 2.99. The fraction of sp³-hybridized carbons (Fsp3) is 0.667. The van der Waals surface area contributed by atoms with Crippen molar-refractivity contribution in [1.82, 2.24) is 0 Å². The lowest BCUT2D eigenvalue weighted by Gasteiger charge is -1.96. The van der Waals surface area contributed by atoms with E-state index in [4.69, 9.17) is 0 Å². The lowest BCUT2D eigenvalue weighted by Crippen LogP contribution is -1.95. The number of ketones is 1. The standard InChI is InChI=1S/C15H24O/c16-15-13-11-9-7-5-3-1-2-4-6-8-10-12-14-15/h5,7-8,10H,1-4,6,9,11-14H2/b7-5+,10-8+. The molecule has 0 saturated carbocycles. The van der Waals surface area contributed by atoms with Gasteiger partial charge in [0.15, 0.2) is 0 Å². The minimum Gasteiger partial charge on any atom is -0.300 e. The van der Waals surface area contributed by atoms with Crippen molar-refractivity contribution in [1.29, 1.82) is 0 Å². The van der Waals surface area contributed by atoms with Crippen LogP contribution < -0.4 is 0 Å². The Morgan fingerprint density at radius 1 is 0.625 bits per heavy atom. The van der Waals surface area contributed by atoms with Crippen LogP contribution in [-0.2, 0) is 4.79 Å². The van der Waals surface area contributed by atoms with Crippen LogP contribution in [0.4, 0.5) is 0 Å². The van der Waals surface area contributed by atoms with Crippen LogP contribution in [0.3, 0.4) is 0 Å². The number of allylic oxidation sites excluding steroid dienone is 4. The van der Waals surface area contributed by atoms with E-state index in [1.54, 1.807) is 0 Å². The van der Waals surface area contributed by atoms with Gasteiger partial charge in [-0.25, -0.2) is 0 Å². The molecular weight excluding hydrogens is 196 g/mol.